The predicted molar refractivity (Wildman–Crippen MR) is 270 cm³/mol. The van der Waals surface area contributed by atoms with Gasteiger partial charge in [-0.1, -0.05) is 190 Å². The fourth-order valence-corrected chi connectivity index (χ4v) is 7.69. The topological polar surface area (TPSA) is 114 Å². The van der Waals surface area contributed by atoms with Crippen LogP contribution in [0.15, 0.2) is 72.9 Å². The molecule has 9 nitrogen and oxygen atoms in total. The molecule has 0 spiro atoms. The summed E-state index contributed by atoms with van der Waals surface area (Å²) in [5, 5.41) is 2.99. The molecule has 10 heteroatoms. The molecule has 0 aromatic rings. The van der Waals surface area contributed by atoms with Gasteiger partial charge < -0.3 is 28.5 Å². The SMILES string of the molecule is CC/C=C/C=C/C=C\CCCCCCCC(=O)NC(COP(=O)([O-])OCC[N+](C)(C)C)C(/C=C/CCCCCCCCCCC)OC(=O)CCCCCCCCC/C=C/C/C=C/CC. The van der Waals surface area contributed by atoms with Crippen molar-refractivity contribution in [2.24, 2.45) is 0 Å². The first-order valence-corrected chi connectivity index (χ1v) is 27.2. The smallest absolute Gasteiger partial charge is 0.306 e. The first-order chi connectivity index (χ1) is 30.9. The molecular weight excluding hydrogens is 820 g/mol. The Hall–Kier alpha value is -2.55. The van der Waals surface area contributed by atoms with Crippen molar-refractivity contribution in [2.45, 2.75) is 219 Å². The summed E-state index contributed by atoms with van der Waals surface area (Å²) in [6.45, 7) is 6.55. The Morgan fingerprint density at radius 3 is 1.66 bits per heavy atom. The van der Waals surface area contributed by atoms with E-state index in [0.717, 1.165) is 103 Å². The summed E-state index contributed by atoms with van der Waals surface area (Å²) in [4.78, 5) is 39.6. The summed E-state index contributed by atoms with van der Waals surface area (Å²) < 4.78 is 30.1. The van der Waals surface area contributed by atoms with Gasteiger partial charge in [-0.25, -0.2) is 0 Å². The van der Waals surface area contributed by atoms with E-state index in [0.29, 0.717) is 17.4 Å². The lowest BCUT2D eigenvalue weighted by Gasteiger charge is -2.30. The third-order valence-electron chi connectivity index (χ3n) is 10.9. The van der Waals surface area contributed by atoms with Crippen LogP contribution >= 0.6 is 7.82 Å². The van der Waals surface area contributed by atoms with Gasteiger partial charge >= 0.3 is 5.97 Å². The zero-order chi connectivity index (χ0) is 47.3. The second-order valence-corrected chi connectivity index (χ2v) is 19.7. The van der Waals surface area contributed by atoms with Crippen LogP contribution in [-0.2, 0) is 27.9 Å². The minimum absolute atomic E-state index is 0.0309. The van der Waals surface area contributed by atoms with Crippen molar-refractivity contribution in [3.05, 3.63) is 72.9 Å². The van der Waals surface area contributed by atoms with Crippen LogP contribution in [0.25, 0.3) is 0 Å². The highest BCUT2D eigenvalue weighted by Gasteiger charge is 2.27. The molecule has 0 aliphatic rings. The van der Waals surface area contributed by atoms with Crippen LogP contribution in [0, 0.1) is 0 Å². The highest BCUT2D eigenvalue weighted by Crippen LogP contribution is 2.38. The van der Waals surface area contributed by atoms with Crippen molar-refractivity contribution >= 4 is 19.7 Å². The van der Waals surface area contributed by atoms with Crippen LogP contribution < -0.4 is 10.2 Å². The van der Waals surface area contributed by atoms with E-state index in [9.17, 15) is 19.0 Å². The average molecular weight is 917 g/mol. The molecule has 0 heterocycles. The van der Waals surface area contributed by atoms with E-state index in [1.165, 1.54) is 64.2 Å². The van der Waals surface area contributed by atoms with Gasteiger partial charge in [0.1, 0.15) is 19.3 Å². The van der Waals surface area contributed by atoms with E-state index in [4.69, 9.17) is 13.8 Å². The number of hydrogen-bond acceptors (Lipinski definition) is 7. The monoisotopic (exact) mass is 917 g/mol. The molecule has 0 rings (SSSR count). The van der Waals surface area contributed by atoms with Gasteiger partial charge in [0, 0.05) is 12.8 Å². The highest BCUT2D eigenvalue weighted by molar-refractivity contribution is 7.45. The summed E-state index contributed by atoms with van der Waals surface area (Å²) in [7, 11) is 1.15. The number of rotatable bonds is 45. The quantitative estimate of drug-likeness (QED) is 0.0162. The third kappa shape index (κ3) is 44.6. The summed E-state index contributed by atoms with van der Waals surface area (Å²) >= 11 is 0. The number of allylic oxidation sites excluding steroid dienone is 11. The maximum absolute atomic E-state index is 13.4. The molecule has 370 valence electrons. The number of nitrogens with one attached hydrogen (secondary N) is 1. The van der Waals surface area contributed by atoms with Crippen molar-refractivity contribution in [2.75, 3.05) is 40.9 Å². The van der Waals surface area contributed by atoms with E-state index in [1.807, 2.05) is 39.4 Å². The van der Waals surface area contributed by atoms with Crippen LogP contribution in [-0.4, -0.2) is 69.4 Å². The zero-order valence-corrected chi connectivity index (χ0v) is 42.9. The Bertz CT molecular complexity index is 1330. The Morgan fingerprint density at radius 1 is 0.578 bits per heavy atom. The van der Waals surface area contributed by atoms with Gasteiger partial charge in [0.15, 0.2) is 0 Å². The number of ether oxygens (including phenoxy) is 1. The normalized spacial score (nSPS) is 14.5. The Labute approximate surface area is 393 Å². The minimum atomic E-state index is -4.70. The van der Waals surface area contributed by atoms with E-state index < -0.39 is 26.6 Å². The highest BCUT2D eigenvalue weighted by atomic mass is 31.2. The number of quaternary nitrogens is 1. The van der Waals surface area contributed by atoms with Crippen molar-refractivity contribution in [1.82, 2.24) is 5.32 Å². The maximum Gasteiger partial charge on any atom is 0.306 e. The van der Waals surface area contributed by atoms with Crippen molar-refractivity contribution < 1.29 is 37.3 Å². The lowest BCUT2D eigenvalue weighted by Crippen LogP contribution is -2.47. The molecule has 64 heavy (non-hydrogen) atoms. The minimum Gasteiger partial charge on any atom is -0.756 e. The molecule has 0 aromatic carbocycles. The lowest BCUT2D eigenvalue weighted by atomic mass is 10.1. The number of amides is 1. The molecule has 0 radical (unpaired) electrons. The number of carbonyl (C=O) groups excluding carboxylic acids is 2. The van der Waals surface area contributed by atoms with E-state index in [1.54, 1.807) is 0 Å². The van der Waals surface area contributed by atoms with Crippen LogP contribution in [0.2, 0.25) is 0 Å². The second-order valence-electron chi connectivity index (χ2n) is 18.3. The van der Waals surface area contributed by atoms with Crippen LogP contribution in [0.5, 0.6) is 0 Å². The number of hydrogen-bond donors (Lipinski definition) is 1. The van der Waals surface area contributed by atoms with Crippen LogP contribution in [0.3, 0.4) is 0 Å². The number of esters is 1. The lowest BCUT2D eigenvalue weighted by molar-refractivity contribution is -0.870. The average Bonchev–Trinajstić information content (AvgIpc) is 3.25. The number of nitrogens with zero attached hydrogens (tertiary/aromatic N) is 1. The molecule has 0 aliphatic carbocycles. The van der Waals surface area contributed by atoms with Gasteiger partial charge in [0.25, 0.3) is 7.82 Å². The van der Waals surface area contributed by atoms with Gasteiger partial charge in [-0.05, 0) is 76.7 Å². The van der Waals surface area contributed by atoms with Gasteiger partial charge in [-0.15, -0.1) is 0 Å². The second kappa shape index (κ2) is 44.3. The Kier molecular flexibility index (Phi) is 42.5. The maximum atomic E-state index is 13.4. The molecule has 0 saturated heterocycles. The molecule has 0 aromatic heterocycles. The Morgan fingerprint density at radius 2 is 1.08 bits per heavy atom. The number of phosphoric acid groups is 1. The molecule has 1 N–H and O–H groups in total. The molecule has 3 unspecified atom stereocenters. The van der Waals surface area contributed by atoms with Crippen molar-refractivity contribution in [3.8, 4) is 0 Å². The van der Waals surface area contributed by atoms with E-state index in [-0.39, 0.29) is 31.3 Å². The molecule has 0 aliphatic heterocycles. The molecule has 0 saturated carbocycles. The predicted octanol–water partition coefficient (Wildman–Crippen LogP) is 14.3. The summed E-state index contributed by atoms with van der Waals surface area (Å²) in [6, 6.07) is -0.902. The van der Waals surface area contributed by atoms with E-state index in [2.05, 4.69) is 80.8 Å². The Balaban J connectivity index is 5.46. The van der Waals surface area contributed by atoms with Crippen LogP contribution in [0.1, 0.15) is 207 Å². The molecular formula is C54H97N2O7P. The largest absolute Gasteiger partial charge is 0.756 e. The van der Waals surface area contributed by atoms with Crippen molar-refractivity contribution in [1.29, 1.82) is 0 Å². The number of unbranched alkanes of at least 4 members (excludes halogenated alkanes) is 21. The fourth-order valence-electron chi connectivity index (χ4n) is 6.97. The standard InChI is InChI=1S/C54H97N2O7P/c1-7-10-13-16-19-22-25-27-29-32-35-38-41-44-47-54(58)63-52(45-42-39-36-33-30-24-21-18-15-12-9-3)51(50-62-64(59,60)61-49-48-56(4,5)6)55-53(57)46-43-40-37-34-31-28-26-23-20-17-14-11-8-2/h10-11,13-14,17,19-20,22-23,26,42,45,51-52H,7-9,12,15-16,18,21,24-25,27-41,43-44,46-50H2,1-6H3,(H-,55,57,59,60)/b13-10+,14-11+,20-17+,22-19+,26-23-,45-42+. The third-order valence-corrected chi connectivity index (χ3v) is 11.9. The number of phosphoric ester groups is 1. The number of likely N-dealkylation sites (N-methyl/N-ethyl adjacent to an activating group) is 1. The molecule has 0 fully saturated rings. The van der Waals surface area contributed by atoms with Gasteiger partial charge in [-0.2, -0.15) is 0 Å². The molecule has 1 amide bonds. The van der Waals surface area contributed by atoms with E-state index >= 15 is 0 Å². The van der Waals surface area contributed by atoms with Crippen LogP contribution in [0.4, 0.5) is 0 Å². The zero-order valence-electron chi connectivity index (χ0n) is 42.0. The molecule has 0 bridgehead atoms. The summed E-state index contributed by atoms with van der Waals surface area (Å²) in [5.74, 6) is -0.582. The fraction of sp³-hybridized carbons (Fsp3) is 0.741. The van der Waals surface area contributed by atoms with Gasteiger partial charge in [0.2, 0.25) is 5.91 Å². The van der Waals surface area contributed by atoms with Gasteiger partial charge in [0.05, 0.1) is 33.8 Å². The summed E-state index contributed by atoms with van der Waals surface area (Å²) in [6.07, 6.45) is 54.4. The van der Waals surface area contributed by atoms with Gasteiger partial charge in [-0.3, -0.25) is 14.2 Å². The summed E-state index contributed by atoms with van der Waals surface area (Å²) in [5.41, 5.74) is 0. The number of carbonyl (C=O) groups is 2. The first-order valence-electron chi connectivity index (χ1n) is 25.8. The molecule has 3 atom stereocenters. The van der Waals surface area contributed by atoms with Crippen molar-refractivity contribution in [3.63, 3.8) is 0 Å². The first kappa shape index (κ1) is 61.5.